The Balaban J connectivity index is 2.38. The lowest BCUT2D eigenvalue weighted by molar-refractivity contribution is -0.131. The summed E-state index contributed by atoms with van der Waals surface area (Å²) >= 11 is 0. The van der Waals surface area contributed by atoms with Gasteiger partial charge in [0, 0.05) is 18.7 Å². The molecule has 126 valence electrons. The highest BCUT2D eigenvalue weighted by atomic mass is 16.5. The van der Waals surface area contributed by atoms with Gasteiger partial charge >= 0.3 is 0 Å². The molecule has 0 saturated carbocycles. The van der Waals surface area contributed by atoms with Crippen LogP contribution in [0.1, 0.15) is 38.7 Å². The molecule has 0 heterocycles. The molecular weight excluding hydrogens is 292 g/mol. The molecular formula is C18H26N2O3. The Labute approximate surface area is 138 Å². The fraction of sp³-hybridized carbons (Fsp3) is 0.444. The summed E-state index contributed by atoms with van der Waals surface area (Å²) in [6.07, 6.45) is 3.33. The summed E-state index contributed by atoms with van der Waals surface area (Å²) in [5.74, 6) is -0.131. The van der Waals surface area contributed by atoms with Crippen molar-refractivity contribution in [3.05, 3.63) is 42.5 Å². The number of amides is 2. The van der Waals surface area contributed by atoms with Crippen LogP contribution in [0.15, 0.2) is 36.9 Å². The van der Waals surface area contributed by atoms with E-state index in [1.54, 1.807) is 13.0 Å². The number of benzene rings is 1. The van der Waals surface area contributed by atoms with E-state index in [0.717, 1.165) is 24.1 Å². The van der Waals surface area contributed by atoms with Crippen LogP contribution in [-0.4, -0.2) is 24.5 Å². The topological polar surface area (TPSA) is 67.4 Å². The third kappa shape index (κ3) is 7.61. The maximum absolute atomic E-state index is 11.9. The maximum Gasteiger partial charge on any atom is 0.249 e. The van der Waals surface area contributed by atoms with Gasteiger partial charge in [-0.25, -0.2) is 0 Å². The van der Waals surface area contributed by atoms with E-state index in [-0.39, 0.29) is 11.8 Å². The van der Waals surface area contributed by atoms with Crippen LogP contribution in [0, 0.1) is 0 Å². The van der Waals surface area contributed by atoms with Crippen LogP contribution in [0.5, 0.6) is 0 Å². The first kappa shape index (κ1) is 18.9. The van der Waals surface area contributed by atoms with E-state index in [4.69, 9.17) is 4.74 Å². The standard InChI is InChI=1S/C18H26N2O3/c1-4-6-12-23-14(3)18(22)19-13-15-8-10-16(11-9-15)20-17(21)7-5-2/h4,8-11,14H,1,5-7,12-13H2,2-3H3,(H,19,22)(H,20,21). The third-order valence-corrected chi connectivity index (χ3v) is 3.24. The zero-order valence-corrected chi connectivity index (χ0v) is 13.9. The molecule has 0 fully saturated rings. The lowest BCUT2D eigenvalue weighted by Crippen LogP contribution is -2.34. The van der Waals surface area contributed by atoms with Gasteiger partial charge in [-0.3, -0.25) is 9.59 Å². The zero-order chi connectivity index (χ0) is 17.1. The number of carbonyl (C=O) groups excluding carboxylic acids is 2. The van der Waals surface area contributed by atoms with Gasteiger partial charge in [-0.05, 0) is 37.5 Å². The monoisotopic (exact) mass is 318 g/mol. The molecule has 1 aromatic rings. The average molecular weight is 318 g/mol. The molecule has 1 aromatic carbocycles. The van der Waals surface area contributed by atoms with Crippen molar-refractivity contribution in [1.29, 1.82) is 0 Å². The summed E-state index contributed by atoms with van der Waals surface area (Å²) in [4.78, 5) is 23.4. The summed E-state index contributed by atoms with van der Waals surface area (Å²) in [5, 5.41) is 5.66. The first-order valence-corrected chi connectivity index (χ1v) is 7.95. The highest BCUT2D eigenvalue weighted by molar-refractivity contribution is 5.90. The number of hydrogen-bond donors (Lipinski definition) is 2. The van der Waals surface area contributed by atoms with Crippen molar-refractivity contribution in [3.63, 3.8) is 0 Å². The molecule has 0 saturated heterocycles. The minimum atomic E-state index is -0.484. The van der Waals surface area contributed by atoms with Gasteiger partial charge in [-0.2, -0.15) is 0 Å². The maximum atomic E-state index is 11.9. The molecule has 23 heavy (non-hydrogen) atoms. The van der Waals surface area contributed by atoms with Gasteiger partial charge in [-0.15, -0.1) is 6.58 Å². The Morgan fingerprint density at radius 1 is 1.30 bits per heavy atom. The highest BCUT2D eigenvalue weighted by Gasteiger charge is 2.12. The molecule has 5 heteroatoms. The van der Waals surface area contributed by atoms with Gasteiger partial charge in [0.05, 0.1) is 6.61 Å². The largest absolute Gasteiger partial charge is 0.368 e. The van der Waals surface area contributed by atoms with E-state index >= 15 is 0 Å². The van der Waals surface area contributed by atoms with Gasteiger partial charge in [0.2, 0.25) is 11.8 Å². The molecule has 0 aromatic heterocycles. The second kappa shape index (κ2) is 10.6. The van der Waals surface area contributed by atoms with E-state index in [2.05, 4.69) is 17.2 Å². The lowest BCUT2D eigenvalue weighted by atomic mass is 10.2. The second-order valence-electron chi connectivity index (χ2n) is 5.30. The smallest absolute Gasteiger partial charge is 0.249 e. The Bertz CT molecular complexity index is 512. The van der Waals surface area contributed by atoms with Crippen molar-refractivity contribution in [2.45, 2.75) is 45.8 Å². The highest BCUT2D eigenvalue weighted by Crippen LogP contribution is 2.10. The van der Waals surface area contributed by atoms with E-state index in [1.807, 2.05) is 31.2 Å². The van der Waals surface area contributed by atoms with Crippen molar-refractivity contribution >= 4 is 17.5 Å². The van der Waals surface area contributed by atoms with Gasteiger partial charge < -0.3 is 15.4 Å². The molecule has 0 spiro atoms. The fourth-order valence-corrected chi connectivity index (χ4v) is 1.89. The van der Waals surface area contributed by atoms with Crippen LogP contribution in [0.4, 0.5) is 5.69 Å². The molecule has 0 aliphatic rings. The van der Waals surface area contributed by atoms with Crippen molar-refractivity contribution in [2.24, 2.45) is 0 Å². The van der Waals surface area contributed by atoms with Gasteiger partial charge in [0.1, 0.15) is 6.10 Å². The molecule has 0 aliphatic heterocycles. The fourth-order valence-electron chi connectivity index (χ4n) is 1.89. The Morgan fingerprint density at radius 2 is 2.00 bits per heavy atom. The van der Waals surface area contributed by atoms with Crippen LogP contribution in [0.2, 0.25) is 0 Å². The predicted octanol–water partition coefficient (Wildman–Crippen LogP) is 3.02. The van der Waals surface area contributed by atoms with Gasteiger partial charge in [-0.1, -0.05) is 25.1 Å². The summed E-state index contributed by atoms with van der Waals surface area (Å²) in [5.41, 5.74) is 1.73. The first-order chi connectivity index (χ1) is 11.1. The molecule has 1 unspecified atom stereocenters. The van der Waals surface area contributed by atoms with Gasteiger partial charge in [0.15, 0.2) is 0 Å². The lowest BCUT2D eigenvalue weighted by Gasteiger charge is -2.13. The average Bonchev–Trinajstić information content (AvgIpc) is 2.54. The number of ether oxygens (including phenoxy) is 1. The van der Waals surface area contributed by atoms with Crippen LogP contribution in [0.3, 0.4) is 0 Å². The van der Waals surface area contributed by atoms with E-state index in [0.29, 0.717) is 19.6 Å². The molecule has 5 nitrogen and oxygen atoms in total. The van der Waals surface area contributed by atoms with Crippen LogP contribution >= 0.6 is 0 Å². The molecule has 0 bridgehead atoms. The third-order valence-electron chi connectivity index (χ3n) is 3.24. The molecule has 1 rings (SSSR count). The minimum Gasteiger partial charge on any atom is -0.368 e. The summed E-state index contributed by atoms with van der Waals surface area (Å²) in [6.45, 7) is 8.22. The zero-order valence-electron chi connectivity index (χ0n) is 13.9. The summed E-state index contributed by atoms with van der Waals surface area (Å²) in [7, 11) is 0. The van der Waals surface area contributed by atoms with E-state index in [9.17, 15) is 9.59 Å². The molecule has 1 atom stereocenters. The summed E-state index contributed by atoms with van der Waals surface area (Å²) in [6, 6.07) is 7.42. The Kier molecular flexibility index (Phi) is 8.68. The second-order valence-corrected chi connectivity index (χ2v) is 5.30. The van der Waals surface area contributed by atoms with Crippen LogP contribution in [0.25, 0.3) is 0 Å². The van der Waals surface area contributed by atoms with Crippen molar-refractivity contribution in [1.82, 2.24) is 5.32 Å². The number of rotatable bonds is 10. The van der Waals surface area contributed by atoms with Crippen molar-refractivity contribution in [3.8, 4) is 0 Å². The van der Waals surface area contributed by atoms with E-state index in [1.165, 1.54) is 0 Å². The SMILES string of the molecule is C=CCCOC(C)C(=O)NCc1ccc(NC(=O)CCC)cc1. The Hall–Kier alpha value is -2.14. The number of nitrogens with one attached hydrogen (secondary N) is 2. The number of hydrogen-bond acceptors (Lipinski definition) is 3. The first-order valence-electron chi connectivity index (χ1n) is 7.95. The summed E-state index contributed by atoms with van der Waals surface area (Å²) < 4.78 is 5.39. The quantitative estimate of drug-likeness (QED) is 0.515. The molecule has 2 amide bonds. The number of anilines is 1. The minimum absolute atomic E-state index is 0.0130. The molecule has 2 N–H and O–H groups in total. The van der Waals surface area contributed by atoms with Crippen molar-refractivity contribution < 1.29 is 14.3 Å². The van der Waals surface area contributed by atoms with Crippen LogP contribution in [-0.2, 0) is 20.9 Å². The van der Waals surface area contributed by atoms with E-state index < -0.39 is 6.10 Å². The molecule has 0 radical (unpaired) electrons. The predicted molar refractivity (Wildman–Crippen MR) is 92.1 cm³/mol. The number of carbonyl (C=O) groups is 2. The van der Waals surface area contributed by atoms with Gasteiger partial charge in [0.25, 0.3) is 0 Å². The van der Waals surface area contributed by atoms with Crippen molar-refractivity contribution in [2.75, 3.05) is 11.9 Å². The Morgan fingerprint density at radius 3 is 2.61 bits per heavy atom. The molecule has 0 aliphatic carbocycles. The normalized spacial score (nSPS) is 11.6. The van der Waals surface area contributed by atoms with Crippen LogP contribution < -0.4 is 10.6 Å².